The van der Waals surface area contributed by atoms with E-state index in [0.29, 0.717) is 29.7 Å². The van der Waals surface area contributed by atoms with Crippen LogP contribution in [0.15, 0.2) is 35.0 Å². The standard InChI is InChI=1S/C18H21ClN2O3/c1-3-24-14-8-6-13(7-9-14)21-17(22)15(19)16(18(21)23)20-10-4-5-12(2)11-20/h6-9,12H,3-5,10-11H2,1-2H3. The monoisotopic (exact) mass is 348 g/mol. The number of piperidine rings is 1. The fourth-order valence-electron chi connectivity index (χ4n) is 3.25. The van der Waals surface area contributed by atoms with Crippen LogP contribution < -0.4 is 9.64 Å². The zero-order valence-electron chi connectivity index (χ0n) is 13.9. The minimum absolute atomic E-state index is 0.0167. The van der Waals surface area contributed by atoms with Crippen LogP contribution in [0.3, 0.4) is 0 Å². The van der Waals surface area contributed by atoms with Crippen LogP contribution in [0.5, 0.6) is 5.75 Å². The fourth-order valence-corrected chi connectivity index (χ4v) is 3.54. The van der Waals surface area contributed by atoms with Crippen molar-refractivity contribution in [3.8, 4) is 5.75 Å². The molecule has 0 N–H and O–H groups in total. The molecule has 1 unspecified atom stereocenters. The molecule has 0 bridgehead atoms. The van der Waals surface area contributed by atoms with Gasteiger partial charge in [-0.25, -0.2) is 4.90 Å². The molecule has 0 spiro atoms. The first-order valence-electron chi connectivity index (χ1n) is 8.29. The number of nitrogens with zero attached hydrogens (tertiary/aromatic N) is 2. The Balaban J connectivity index is 1.85. The van der Waals surface area contributed by atoms with Gasteiger partial charge in [0.15, 0.2) is 0 Å². The Morgan fingerprint density at radius 1 is 1.21 bits per heavy atom. The van der Waals surface area contributed by atoms with Crippen molar-refractivity contribution >= 4 is 29.1 Å². The molecule has 1 fully saturated rings. The van der Waals surface area contributed by atoms with Gasteiger partial charge in [-0.3, -0.25) is 9.59 Å². The van der Waals surface area contributed by atoms with Crippen molar-refractivity contribution in [1.82, 2.24) is 4.90 Å². The van der Waals surface area contributed by atoms with Crippen LogP contribution in [0, 0.1) is 5.92 Å². The molecule has 0 aromatic heterocycles. The van der Waals surface area contributed by atoms with Crippen molar-refractivity contribution in [2.45, 2.75) is 26.7 Å². The first-order chi connectivity index (χ1) is 11.5. The van der Waals surface area contributed by atoms with Crippen LogP contribution in [0.1, 0.15) is 26.7 Å². The second-order valence-electron chi connectivity index (χ2n) is 6.23. The van der Waals surface area contributed by atoms with Gasteiger partial charge in [0.2, 0.25) is 0 Å². The molecule has 1 aromatic rings. The van der Waals surface area contributed by atoms with E-state index in [2.05, 4.69) is 6.92 Å². The highest BCUT2D eigenvalue weighted by atomic mass is 35.5. The summed E-state index contributed by atoms with van der Waals surface area (Å²) < 4.78 is 5.39. The molecule has 5 nitrogen and oxygen atoms in total. The fraction of sp³-hybridized carbons (Fsp3) is 0.444. The van der Waals surface area contributed by atoms with E-state index in [1.165, 1.54) is 0 Å². The minimum Gasteiger partial charge on any atom is -0.494 e. The number of rotatable bonds is 4. The second-order valence-corrected chi connectivity index (χ2v) is 6.61. The SMILES string of the molecule is CCOc1ccc(N2C(=O)C(Cl)=C(N3CCCC(C)C3)C2=O)cc1. The van der Waals surface area contributed by atoms with E-state index in [1.807, 2.05) is 11.8 Å². The van der Waals surface area contributed by atoms with Gasteiger partial charge in [-0.15, -0.1) is 0 Å². The summed E-state index contributed by atoms with van der Waals surface area (Å²) in [6, 6.07) is 6.89. The summed E-state index contributed by atoms with van der Waals surface area (Å²) in [5, 5.41) is 0.0167. The largest absolute Gasteiger partial charge is 0.494 e. The Labute approximate surface area is 146 Å². The number of imide groups is 1. The Morgan fingerprint density at radius 3 is 2.54 bits per heavy atom. The number of benzene rings is 1. The lowest BCUT2D eigenvalue weighted by molar-refractivity contribution is -0.121. The first kappa shape index (κ1) is 16.8. The number of amides is 2. The van der Waals surface area contributed by atoms with Gasteiger partial charge in [0, 0.05) is 13.1 Å². The molecule has 2 heterocycles. The number of hydrogen-bond donors (Lipinski definition) is 0. The third-order valence-corrected chi connectivity index (χ3v) is 4.72. The quantitative estimate of drug-likeness (QED) is 0.784. The molecule has 1 aromatic carbocycles. The maximum Gasteiger partial charge on any atom is 0.283 e. The zero-order valence-corrected chi connectivity index (χ0v) is 14.7. The zero-order chi connectivity index (χ0) is 17.3. The minimum atomic E-state index is -0.459. The van der Waals surface area contributed by atoms with Crippen LogP contribution in [0.4, 0.5) is 5.69 Å². The molecule has 2 aliphatic rings. The smallest absolute Gasteiger partial charge is 0.283 e. The number of anilines is 1. The van der Waals surface area contributed by atoms with Crippen molar-refractivity contribution in [2.75, 3.05) is 24.6 Å². The maximum absolute atomic E-state index is 12.8. The Hall–Kier alpha value is -2.01. The van der Waals surface area contributed by atoms with E-state index in [9.17, 15) is 9.59 Å². The number of likely N-dealkylation sites (tertiary alicyclic amines) is 1. The molecule has 6 heteroatoms. The van der Waals surface area contributed by atoms with E-state index >= 15 is 0 Å². The summed E-state index contributed by atoms with van der Waals surface area (Å²) in [6.45, 7) is 6.11. The van der Waals surface area contributed by atoms with E-state index in [0.717, 1.165) is 30.8 Å². The molecular formula is C18H21ClN2O3. The molecule has 3 rings (SSSR count). The van der Waals surface area contributed by atoms with Crippen LogP contribution in [-0.4, -0.2) is 36.4 Å². The van der Waals surface area contributed by atoms with Crippen molar-refractivity contribution in [1.29, 1.82) is 0 Å². The molecule has 2 aliphatic heterocycles. The molecule has 128 valence electrons. The molecular weight excluding hydrogens is 328 g/mol. The van der Waals surface area contributed by atoms with E-state index in [4.69, 9.17) is 16.3 Å². The lowest BCUT2D eigenvalue weighted by Crippen LogP contribution is -2.39. The third-order valence-electron chi connectivity index (χ3n) is 4.38. The predicted octanol–water partition coefficient (Wildman–Crippen LogP) is 3.14. The highest BCUT2D eigenvalue weighted by Gasteiger charge is 2.41. The van der Waals surface area contributed by atoms with E-state index in [-0.39, 0.29) is 10.9 Å². The first-order valence-corrected chi connectivity index (χ1v) is 8.67. The molecule has 2 amide bonds. The molecule has 1 saturated heterocycles. The summed E-state index contributed by atoms with van der Waals surface area (Å²) in [5.74, 6) is 0.380. The van der Waals surface area contributed by atoms with Crippen LogP contribution >= 0.6 is 11.6 Å². The predicted molar refractivity (Wildman–Crippen MR) is 93.0 cm³/mol. The van der Waals surface area contributed by atoms with Gasteiger partial charge in [0.25, 0.3) is 11.8 Å². The number of carbonyl (C=O) groups excluding carboxylic acids is 2. The lowest BCUT2D eigenvalue weighted by Gasteiger charge is -2.33. The van der Waals surface area contributed by atoms with Crippen molar-refractivity contribution < 1.29 is 14.3 Å². The summed E-state index contributed by atoms with van der Waals surface area (Å²) in [5.41, 5.74) is 0.841. The number of halogens is 1. The van der Waals surface area contributed by atoms with Crippen molar-refractivity contribution in [2.24, 2.45) is 5.92 Å². The van der Waals surface area contributed by atoms with Gasteiger partial charge in [-0.05, 0) is 49.9 Å². The topological polar surface area (TPSA) is 49.9 Å². The average molecular weight is 349 g/mol. The van der Waals surface area contributed by atoms with Gasteiger partial charge < -0.3 is 9.64 Å². The van der Waals surface area contributed by atoms with Crippen LogP contribution in [0.25, 0.3) is 0 Å². The van der Waals surface area contributed by atoms with Crippen LogP contribution in [0.2, 0.25) is 0 Å². The number of ether oxygens (including phenoxy) is 1. The molecule has 0 aliphatic carbocycles. The second kappa shape index (κ2) is 6.85. The molecule has 1 atom stereocenters. The average Bonchev–Trinajstić information content (AvgIpc) is 2.78. The van der Waals surface area contributed by atoms with Crippen molar-refractivity contribution in [3.63, 3.8) is 0 Å². The van der Waals surface area contributed by atoms with Gasteiger partial charge in [0.1, 0.15) is 16.5 Å². The van der Waals surface area contributed by atoms with E-state index < -0.39 is 5.91 Å². The maximum atomic E-state index is 12.8. The van der Waals surface area contributed by atoms with Gasteiger partial charge in [-0.2, -0.15) is 0 Å². The highest BCUT2D eigenvalue weighted by Crippen LogP contribution is 2.33. The number of hydrogen-bond acceptors (Lipinski definition) is 4. The van der Waals surface area contributed by atoms with Crippen molar-refractivity contribution in [3.05, 3.63) is 35.0 Å². The summed E-state index contributed by atoms with van der Waals surface area (Å²) >= 11 is 6.23. The highest BCUT2D eigenvalue weighted by molar-refractivity contribution is 6.52. The Bertz CT molecular complexity index is 684. The summed E-state index contributed by atoms with van der Waals surface area (Å²) in [4.78, 5) is 28.4. The Morgan fingerprint density at radius 2 is 1.92 bits per heavy atom. The van der Waals surface area contributed by atoms with Gasteiger partial charge in [0.05, 0.1) is 12.3 Å². The molecule has 0 radical (unpaired) electrons. The normalized spacial score (nSPS) is 21.7. The Kier molecular flexibility index (Phi) is 4.81. The number of carbonyl (C=O) groups is 2. The van der Waals surface area contributed by atoms with Gasteiger partial charge >= 0.3 is 0 Å². The van der Waals surface area contributed by atoms with E-state index in [1.54, 1.807) is 24.3 Å². The molecule has 24 heavy (non-hydrogen) atoms. The molecule has 0 saturated carbocycles. The third kappa shape index (κ3) is 3.00. The van der Waals surface area contributed by atoms with Crippen LogP contribution in [-0.2, 0) is 9.59 Å². The summed E-state index contributed by atoms with van der Waals surface area (Å²) in [6.07, 6.45) is 2.13. The van der Waals surface area contributed by atoms with Gasteiger partial charge in [-0.1, -0.05) is 18.5 Å². The lowest BCUT2D eigenvalue weighted by atomic mass is 10.00. The summed E-state index contributed by atoms with van der Waals surface area (Å²) in [7, 11) is 0.